The summed E-state index contributed by atoms with van der Waals surface area (Å²) in [4.78, 5) is 24.2. The number of aromatic nitrogens is 2. The van der Waals surface area contributed by atoms with Crippen LogP contribution in [0.15, 0.2) is 18.3 Å². The quantitative estimate of drug-likeness (QED) is 0.799. The van der Waals surface area contributed by atoms with Gasteiger partial charge < -0.3 is 15.0 Å². The summed E-state index contributed by atoms with van der Waals surface area (Å²) in [5, 5.41) is 10.1. The molecule has 0 unspecified atom stereocenters. The van der Waals surface area contributed by atoms with Gasteiger partial charge in [-0.1, -0.05) is 0 Å². The summed E-state index contributed by atoms with van der Waals surface area (Å²) in [5.74, 6) is 0.156. The van der Waals surface area contributed by atoms with E-state index in [-0.39, 0.29) is 24.5 Å². The lowest BCUT2D eigenvalue weighted by atomic mass is 10.3. The van der Waals surface area contributed by atoms with E-state index in [0.29, 0.717) is 19.0 Å². The second kappa shape index (κ2) is 6.12. The van der Waals surface area contributed by atoms with Crippen LogP contribution in [-0.2, 0) is 9.59 Å². The van der Waals surface area contributed by atoms with Crippen LogP contribution in [0.25, 0.3) is 0 Å². The van der Waals surface area contributed by atoms with Crippen molar-refractivity contribution < 1.29 is 14.3 Å². The number of ether oxygens (including phenoxy) is 1. The molecule has 1 saturated heterocycles. The van der Waals surface area contributed by atoms with Crippen LogP contribution in [0.4, 0.5) is 0 Å². The fourth-order valence-corrected chi connectivity index (χ4v) is 1.88. The van der Waals surface area contributed by atoms with Crippen molar-refractivity contribution in [3.8, 4) is 5.88 Å². The second-order valence-corrected chi connectivity index (χ2v) is 4.34. The molecule has 1 N–H and O–H groups in total. The van der Waals surface area contributed by atoms with Crippen molar-refractivity contribution >= 4 is 11.8 Å². The summed E-state index contributed by atoms with van der Waals surface area (Å²) in [6.45, 7) is 2.56. The Labute approximate surface area is 110 Å². The van der Waals surface area contributed by atoms with E-state index in [0.717, 1.165) is 6.42 Å². The molecule has 2 amide bonds. The summed E-state index contributed by atoms with van der Waals surface area (Å²) < 4.78 is 5.63. The van der Waals surface area contributed by atoms with Crippen LogP contribution in [0.2, 0.25) is 0 Å². The van der Waals surface area contributed by atoms with E-state index >= 15 is 0 Å². The van der Waals surface area contributed by atoms with Crippen LogP contribution in [0.3, 0.4) is 0 Å². The third kappa shape index (κ3) is 3.90. The molecule has 0 aromatic carbocycles. The SMILES string of the molecule is CC(=O)NCC(=O)N1CC[C@H](Oc2cccnn2)C1. The third-order valence-corrected chi connectivity index (χ3v) is 2.82. The number of hydrogen-bond acceptors (Lipinski definition) is 5. The van der Waals surface area contributed by atoms with Gasteiger partial charge in [-0.2, -0.15) is 5.10 Å². The van der Waals surface area contributed by atoms with Crippen LogP contribution in [-0.4, -0.2) is 52.6 Å². The smallest absolute Gasteiger partial charge is 0.242 e. The molecular weight excluding hydrogens is 248 g/mol. The van der Waals surface area contributed by atoms with Crippen LogP contribution < -0.4 is 10.1 Å². The largest absolute Gasteiger partial charge is 0.471 e. The molecule has 2 heterocycles. The second-order valence-electron chi connectivity index (χ2n) is 4.34. The summed E-state index contributed by atoms with van der Waals surface area (Å²) >= 11 is 0. The zero-order valence-electron chi connectivity index (χ0n) is 10.7. The van der Waals surface area contributed by atoms with Crippen molar-refractivity contribution in [2.75, 3.05) is 19.6 Å². The lowest BCUT2D eigenvalue weighted by Crippen LogP contribution is -2.39. The van der Waals surface area contributed by atoms with Crippen LogP contribution in [0.5, 0.6) is 5.88 Å². The lowest BCUT2D eigenvalue weighted by molar-refractivity contribution is -0.131. The van der Waals surface area contributed by atoms with Crippen LogP contribution >= 0.6 is 0 Å². The van der Waals surface area contributed by atoms with E-state index in [2.05, 4.69) is 15.5 Å². The Morgan fingerprint density at radius 3 is 3.11 bits per heavy atom. The highest BCUT2D eigenvalue weighted by molar-refractivity contribution is 5.83. The van der Waals surface area contributed by atoms with Gasteiger partial charge in [-0.15, -0.1) is 5.10 Å². The molecule has 1 aliphatic rings. The van der Waals surface area contributed by atoms with Crippen molar-refractivity contribution in [3.05, 3.63) is 18.3 Å². The van der Waals surface area contributed by atoms with Gasteiger partial charge in [-0.05, 0) is 6.07 Å². The predicted molar refractivity (Wildman–Crippen MR) is 66.3 cm³/mol. The topological polar surface area (TPSA) is 84.4 Å². The Morgan fingerprint density at radius 1 is 1.58 bits per heavy atom. The highest BCUT2D eigenvalue weighted by Gasteiger charge is 2.27. The van der Waals surface area contributed by atoms with Gasteiger partial charge in [0.1, 0.15) is 6.10 Å². The first kappa shape index (κ1) is 13.3. The zero-order valence-corrected chi connectivity index (χ0v) is 10.7. The Hall–Kier alpha value is -2.18. The maximum atomic E-state index is 11.8. The van der Waals surface area contributed by atoms with E-state index in [4.69, 9.17) is 4.74 Å². The first-order valence-corrected chi connectivity index (χ1v) is 6.11. The number of likely N-dealkylation sites (tertiary alicyclic amines) is 1. The van der Waals surface area contributed by atoms with Gasteiger partial charge in [-0.3, -0.25) is 9.59 Å². The number of nitrogens with zero attached hydrogens (tertiary/aromatic N) is 3. The Bertz CT molecular complexity index is 452. The number of amides is 2. The zero-order chi connectivity index (χ0) is 13.7. The number of carbonyl (C=O) groups is 2. The first-order chi connectivity index (χ1) is 9.15. The maximum Gasteiger partial charge on any atom is 0.242 e. The summed E-state index contributed by atoms with van der Waals surface area (Å²) in [5.41, 5.74) is 0. The molecule has 7 nitrogen and oxygen atoms in total. The average molecular weight is 264 g/mol. The average Bonchev–Trinajstić information content (AvgIpc) is 2.85. The van der Waals surface area contributed by atoms with Crippen LogP contribution in [0, 0.1) is 0 Å². The van der Waals surface area contributed by atoms with Gasteiger partial charge >= 0.3 is 0 Å². The standard InChI is InChI=1S/C12H16N4O3/c1-9(17)13-7-12(18)16-6-4-10(8-16)19-11-3-2-5-14-15-11/h2-3,5,10H,4,6-8H2,1H3,(H,13,17)/t10-/m0/s1. The van der Waals surface area contributed by atoms with E-state index < -0.39 is 0 Å². The minimum atomic E-state index is -0.208. The van der Waals surface area contributed by atoms with E-state index in [1.54, 1.807) is 23.2 Å². The van der Waals surface area contributed by atoms with E-state index in [9.17, 15) is 9.59 Å². The van der Waals surface area contributed by atoms with Gasteiger partial charge in [0.25, 0.3) is 0 Å². The molecule has 0 spiro atoms. The number of carbonyl (C=O) groups excluding carboxylic acids is 2. The molecule has 19 heavy (non-hydrogen) atoms. The third-order valence-electron chi connectivity index (χ3n) is 2.82. The molecule has 0 radical (unpaired) electrons. The van der Waals surface area contributed by atoms with Gasteiger partial charge in [-0.25, -0.2) is 0 Å². The monoisotopic (exact) mass is 264 g/mol. The van der Waals surface area contributed by atoms with E-state index in [1.165, 1.54) is 6.92 Å². The highest BCUT2D eigenvalue weighted by Crippen LogP contribution is 2.15. The molecule has 1 fully saturated rings. The molecule has 0 saturated carbocycles. The fourth-order valence-electron chi connectivity index (χ4n) is 1.88. The van der Waals surface area contributed by atoms with Crippen LogP contribution in [0.1, 0.15) is 13.3 Å². The molecule has 2 rings (SSSR count). The van der Waals surface area contributed by atoms with Crippen molar-refractivity contribution in [2.45, 2.75) is 19.4 Å². The van der Waals surface area contributed by atoms with Gasteiger partial charge in [0.2, 0.25) is 17.7 Å². The normalized spacial score (nSPS) is 18.2. The van der Waals surface area contributed by atoms with E-state index in [1.807, 2.05) is 0 Å². The van der Waals surface area contributed by atoms with Crippen molar-refractivity contribution in [1.29, 1.82) is 0 Å². The summed E-state index contributed by atoms with van der Waals surface area (Å²) in [6, 6.07) is 3.48. The number of rotatable bonds is 4. The van der Waals surface area contributed by atoms with Gasteiger partial charge in [0, 0.05) is 32.2 Å². The van der Waals surface area contributed by atoms with Crippen molar-refractivity contribution in [3.63, 3.8) is 0 Å². The summed E-state index contributed by atoms with van der Waals surface area (Å²) in [7, 11) is 0. The minimum Gasteiger partial charge on any atom is -0.471 e. The molecule has 102 valence electrons. The molecule has 1 aromatic rings. The molecule has 0 bridgehead atoms. The molecule has 1 atom stereocenters. The fraction of sp³-hybridized carbons (Fsp3) is 0.500. The Kier molecular flexibility index (Phi) is 4.27. The Balaban J connectivity index is 1.80. The van der Waals surface area contributed by atoms with Crippen molar-refractivity contribution in [2.24, 2.45) is 0 Å². The molecule has 1 aromatic heterocycles. The summed E-state index contributed by atoms with van der Waals surface area (Å²) in [6.07, 6.45) is 2.26. The molecule has 1 aliphatic heterocycles. The highest BCUT2D eigenvalue weighted by atomic mass is 16.5. The number of hydrogen-bond donors (Lipinski definition) is 1. The van der Waals surface area contributed by atoms with Gasteiger partial charge in [0.15, 0.2) is 0 Å². The minimum absolute atomic E-state index is 0.0349. The van der Waals surface area contributed by atoms with Gasteiger partial charge in [0.05, 0.1) is 13.1 Å². The maximum absolute atomic E-state index is 11.8. The molecule has 7 heteroatoms. The first-order valence-electron chi connectivity index (χ1n) is 6.11. The Morgan fingerprint density at radius 2 is 2.42 bits per heavy atom. The predicted octanol–water partition coefficient (Wildman–Crippen LogP) is -0.408. The molecular formula is C12H16N4O3. The lowest BCUT2D eigenvalue weighted by Gasteiger charge is -2.16. The molecule has 0 aliphatic carbocycles. The number of nitrogens with one attached hydrogen (secondary N) is 1. The van der Waals surface area contributed by atoms with Crippen molar-refractivity contribution in [1.82, 2.24) is 20.4 Å².